The van der Waals surface area contributed by atoms with Crippen LogP contribution in [0, 0.1) is 0 Å². The Morgan fingerprint density at radius 3 is 2.59 bits per heavy atom. The Morgan fingerprint density at radius 1 is 1.12 bits per heavy atom. The average molecular weight is 234 g/mol. The maximum absolute atomic E-state index is 11.9. The van der Waals surface area contributed by atoms with Crippen molar-refractivity contribution in [1.82, 2.24) is 0 Å². The quantitative estimate of drug-likeness (QED) is 0.518. The van der Waals surface area contributed by atoms with Crippen LogP contribution in [0.3, 0.4) is 0 Å². The third-order valence-electron chi connectivity index (χ3n) is 2.61. The Kier molecular flexibility index (Phi) is 1.72. The summed E-state index contributed by atoms with van der Waals surface area (Å²) >= 11 is 0. The number of fused-ring (bicyclic) bond motifs is 2. The van der Waals surface area contributed by atoms with Crippen LogP contribution < -0.4 is 5.43 Å². The van der Waals surface area contributed by atoms with Crippen molar-refractivity contribution in [1.29, 1.82) is 0 Å². The van der Waals surface area contributed by atoms with Crippen molar-refractivity contribution >= 4 is 16.9 Å². The minimum atomic E-state index is -0.702. The van der Waals surface area contributed by atoms with Crippen molar-refractivity contribution in [3.63, 3.8) is 0 Å². The van der Waals surface area contributed by atoms with Gasteiger partial charge in [0.15, 0.2) is 16.9 Å². The monoisotopic (exact) mass is 234 g/mol. The summed E-state index contributed by atoms with van der Waals surface area (Å²) in [6.45, 7) is -0.131. The summed E-state index contributed by atoms with van der Waals surface area (Å²) in [7, 11) is 0. The van der Waals surface area contributed by atoms with Crippen LogP contribution in [0.1, 0.15) is 16.1 Å². The Balaban J connectivity index is 2.48. The van der Waals surface area contributed by atoms with Crippen molar-refractivity contribution in [3.05, 3.63) is 33.7 Å². The highest BCUT2D eigenvalue weighted by atomic mass is 16.6. The van der Waals surface area contributed by atoms with Gasteiger partial charge in [-0.15, -0.1) is 0 Å². The van der Waals surface area contributed by atoms with Gasteiger partial charge in [-0.3, -0.25) is 4.79 Å². The Morgan fingerprint density at radius 2 is 1.82 bits per heavy atom. The lowest BCUT2D eigenvalue weighted by molar-refractivity contribution is 0.0512. The molecule has 1 aliphatic rings. The van der Waals surface area contributed by atoms with E-state index in [2.05, 4.69) is 4.74 Å². The minimum Gasteiger partial charge on any atom is -0.504 e. The molecule has 0 aliphatic carbocycles. The second-order valence-corrected chi connectivity index (χ2v) is 3.65. The standard InChI is InChI=1S/C11H6O6/c12-6-1-4-8(2-7(6)13)17-10-5(9(4)14)3-16-11(10)15/h1-2,12-13H,3H2. The van der Waals surface area contributed by atoms with Gasteiger partial charge in [0, 0.05) is 6.07 Å². The number of esters is 1. The molecule has 1 aromatic heterocycles. The molecule has 86 valence electrons. The summed E-state index contributed by atoms with van der Waals surface area (Å²) in [4.78, 5) is 23.2. The van der Waals surface area contributed by atoms with Gasteiger partial charge in [-0.05, 0) is 6.07 Å². The first-order valence-electron chi connectivity index (χ1n) is 4.76. The molecule has 0 saturated heterocycles. The summed E-state index contributed by atoms with van der Waals surface area (Å²) < 4.78 is 9.87. The van der Waals surface area contributed by atoms with Crippen molar-refractivity contribution < 1.29 is 24.2 Å². The van der Waals surface area contributed by atoms with Crippen molar-refractivity contribution in [2.75, 3.05) is 0 Å². The van der Waals surface area contributed by atoms with Crippen LogP contribution in [0.4, 0.5) is 0 Å². The van der Waals surface area contributed by atoms with Crippen LogP contribution in [0.15, 0.2) is 21.3 Å². The first-order chi connectivity index (χ1) is 8.08. The van der Waals surface area contributed by atoms with Crippen LogP contribution in [0.5, 0.6) is 11.5 Å². The van der Waals surface area contributed by atoms with E-state index in [0.717, 1.165) is 12.1 Å². The molecule has 3 rings (SSSR count). The molecule has 2 aromatic rings. The molecule has 0 bridgehead atoms. The molecule has 0 unspecified atom stereocenters. The summed E-state index contributed by atoms with van der Waals surface area (Å²) in [5, 5.41) is 18.7. The smallest absolute Gasteiger partial charge is 0.375 e. The fraction of sp³-hybridized carbons (Fsp3) is 0.0909. The number of aromatic hydroxyl groups is 2. The normalized spacial score (nSPS) is 13.8. The van der Waals surface area contributed by atoms with Gasteiger partial charge in [0.25, 0.3) is 0 Å². The highest BCUT2D eigenvalue weighted by Crippen LogP contribution is 2.31. The van der Waals surface area contributed by atoms with E-state index >= 15 is 0 Å². The summed E-state index contributed by atoms with van der Waals surface area (Å²) in [6, 6.07) is 2.18. The molecule has 6 heteroatoms. The van der Waals surface area contributed by atoms with Gasteiger partial charge in [0.1, 0.15) is 12.2 Å². The topological polar surface area (TPSA) is 97.0 Å². The van der Waals surface area contributed by atoms with E-state index in [-0.39, 0.29) is 28.9 Å². The number of ether oxygens (including phenoxy) is 1. The van der Waals surface area contributed by atoms with Crippen LogP contribution in [-0.4, -0.2) is 16.2 Å². The maximum atomic E-state index is 11.9. The highest BCUT2D eigenvalue weighted by molar-refractivity contribution is 5.93. The van der Waals surface area contributed by atoms with E-state index in [1.807, 2.05) is 0 Å². The highest BCUT2D eigenvalue weighted by Gasteiger charge is 2.28. The number of hydrogen-bond acceptors (Lipinski definition) is 6. The molecule has 0 amide bonds. The lowest BCUT2D eigenvalue weighted by Crippen LogP contribution is -2.09. The molecule has 1 aliphatic heterocycles. The van der Waals surface area contributed by atoms with Gasteiger partial charge in [0.05, 0.1) is 10.9 Å². The number of rotatable bonds is 0. The van der Waals surface area contributed by atoms with Gasteiger partial charge < -0.3 is 19.4 Å². The fourth-order valence-corrected chi connectivity index (χ4v) is 1.76. The van der Waals surface area contributed by atoms with Crippen LogP contribution >= 0.6 is 0 Å². The Labute approximate surface area is 93.7 Å². The van der Waals surface area contributed by atoms with Gasteiger partial charge in [0.2, 0.25) is 5.76 Å². The predicted octanol–water partition coefficient (Wildman–Crippen LogP) is 0.875. The molecule has 1 aromatic carbocycles. The van der Waals surface area contributed by atoms with Crippen molar-refractivity contribution in [2.24, 2.45) is 0 Å². The van der Waals surface area contributed by atoms with E-state index in [9.17, 15) is 19.8 Å². The zero-order valence-electron chi connectivity index (χ0n) is 8.39. The van der Waals surface area contributed by atoms with E-state index in [0.29, 0.717) is 0 Å². The molecular weight excluding hydrogens is 228 g/mol. The molecular formula is C11H6O6. The van der Waals surface area contributed by atoms with E-state index < -0.39 is 22.9 Å². The second kappa shape index (κ2) is 3.00. The molecule has 0 spiro atoms. The lowest BCUT2D eigenvalue weighted by atomic mass is 10.1. The number of carbonyl (C=O) groups excluding carboxylic acids is 1. The Bertz CT molecular complexity index is 712. The summed E-state index contributed by atoms with van der Waals surface area (Å²) in [5.74, 6) is -1.69. The minimum absolute atomic E-state index is 0.0305. The molecule has 2 N–H and O–H groups in total. The third-order valence-corrected chi connectivity index (χ3v) is 2.61. The van der Waals surface area contributed by atoms with E-state index in [1.165, 1.54) is 0 Å². The predicted molar refractivity (Wildman–Crippen MR) is 54.9 cm³/mol. The first kappa shape index (κ1) is 9.71. The first-order valence-corrected chi connectivity index (χ1v) is 4.76. The van der Waals surface area contributed by atoms with E-state index in [4.69, 9.17) is 4.42 Å². The average Bonchev–Trinajstić information content (AvgIpc) is 2.65. The zero-order valence-corrected chi connectivity index (χ0v) is 8.39. The van der Waals surface area contributed by atoms with Gasteiger partial charge in [-0.2, -0.15) is 0 Å². The molecule has 0 saturated carbocycles. The van der Waals surface area contributed by atoms with Crippen LogP contribution in [0.2, 0.25) is 0 Å². The van der Waals surface area contributed by atoms with Gasteiger partial charge in [-0.1, -0.05) is 0 Å². The molecule has 0 radical (unpaired) electrons. The second-order valence-electron chi connectivity index (χ2n) is 3.65. The number of hydrogen-bond donors (Lipinski definition) is 2. The van der Waals surface area contributed by atoms with E-state index in [1.54, 1.807) is 0 Å². The Hall–Kier alpha value is -2.50. The number of carbonyl (C=O) groups is 1. The van der Waals surface area contributed by atoms with Crippen molar-refractivity contribution in [2.45, 2.75) is 6.61 Å². The molecule has 17 heavy (non-hydrogen) atoms. The number of benzene rings is 1. The van der Waals surface area contributed by atoms with Crippen LogP contribution in [0.25, 0.3) is 11.0 Å². The molecule has 0 atom stereocenters. The lowest BCUT2D eigenvalue weighted by Gasteiger charge is -2.01. The maximum Gasteiger partial charge on any atom is 0.375 e. The fourth-order valence-electron chi connectivity index (χ4n) is 1.76. The zero-order chi connectivity index (χ0) is 12.2. The largest absolute Gasteiger partial charge is 0.504 e. The van der Waals surface area contributed by atoms with Crippen LogP contribution in [-0.2, 0) is 11.3 Å². The molecule has 6 nitrogen and oxygen atoms in total. The van der Waals surface area contributed by atoms with Gasteiger partial charge >= 0.3 is 5.97 Å². The van der Waals surface area contributed by atoms with Crippen molar-refractivity contribution in [3.8, 4) is 11.5 Å². The summed E-state index contributed by atoms with van der Waals surface area (Å²) in [5.41, 5.74) is -0.280. The number of phenolic OH excluding ortho intramolecular Hbond substituents is 2. The number of cyclic esters (lactones) is 1. The molecule has 0 fully saturated rings. The SMILES string of the molecule is O=C1OCc2c1oc1cc(O)c(O)cc1c2=O. The summed E-state index contributed by atoms with van der Waals surface area (Å²) in [6.07, 6.45) is 0. The van der Waals surface area contributed by atoms with Gasteiger partial charge in [-0.25, -0.2) is 4.79 Å². The number of phenols is 2. The third kappa shape index (κ3) is 1.20. The molecule has 2 heterocycles.